The number of hydrogen-bond donors (Lipinski definition) is 1. The summed E-state index contributed by atoms with van der Waals surface area (Å²) in [5.74, 6) is -0.273. The van der Waals surface area contributed by atoms with Gasteiger partial charge < -0.3 is 28.9 Å². The summed E-state index contributed by atoms with van der Waals surface area (Å²) in [7, 11) is 1.62. The van der Waals surface area contributed by atoms with Crippen LogP contribution in [0.4, 0.5) is 0 Å². The summed E-state index contributed by atoms with van der Waals surface area (Å²) in [5.41, 5.74) is -1.17. The van der Waals surface area contributed by atoms with Crippen molar-refractivity contribution in [3.63, 3.8) is 0 Å². The van der Waals surface area contributed by atoms with Crippen molar-refractivity contribution in [2.24, 2.45) is 0 Å². The van der Waals surface area contributed by atoms with Gasteiger partial charge in [-0.2, -0.15) is 5.06 Å². The number of methoxy groups -OCH3 is 1. The molecule has 0 aromatic heterocycles. The first-order valence-electron chi connectivity index (χ1n) is 8.75. The highest BCUT2D eigenvalue weighted by atomic mass is 16.6. The molecule has 1 atom stereocenters. The SMILES string of the molecule is COCCOCCOCCOC(=O)CCCC1(C)OCC(C)(C)N1O. The van der Waals surface area contributed by atoms with Gasteiger partial charge in [-0.1, -0.05) is 0 Å². The standard InChI is InChI=1S/C17H33NO7/c1-16(2)14-25-17(3,18(16)20)7-5-6-15(19)24-13-12-23-11-10-22-9-8-21-4/h20H,5-14H2,1-4H3. The molecule has 0 saturated carbocycles. The molecule has 1 unspecified atom stereocenters. The number of rotatable bonds is 13. The smallest absolute Gasteiger partial charge is 0.305 e. The van der Waals surface area contributed by atoms with Gasteiger partial charge in [-0.15, -0.1) is 0 Å². The maximum atomic E-state index is 11.7. The molecule has 0 spiro atoms. The Bertz CT molecular complexity index is 391. The number of nitrogens with zero attached hydrogens (tertiary/aromatic N) is 1. The van der Waals surface area contributed by atoms with E-state index < -0.39 is 11.3 Å². The molecule has 0 aliphatic carbocycles. The Morgan fingerprint density at radius 3 is 2.24 bits per heavy atom. The van der Waals surface area contributed by atoms with Gasteiger partial charge in [0.1, 0.15) is 12.3 Å². The first-order valence-corrected chi connectivity index (χ1v) is 8.75. The zero-order valence-electron chi connectivity index (χ0n) is 15.9. The number of esters is 1. The molecule has 8 heteroatoms. The van der Waals surface area contributed by atoms with Crippen LogP contribution in [0.5, 0.6) is 0 Å². The Labute approximate surface area is 150 Å². The van der Waals surface area contributed by atoms with Gasteiger partial charge in [0.05, 0.1) is 45.2 Å². The third-order valence-corrected chi connectivity index (χ3v) is 4.07. The maximum absolute atomic E-state index is 11.7. The van der Waals surface area contributed by atoms with Crippen LogP contribution in [0.1, 0.15) is 40.0 Å². The van der Waals surface area contributed by atoms with E-state index in [9.17, 15) is 10.0 Å². The second kappa shape index (κ2) is 11.1. The molecule has 1 heterocycles. The van der Waals surface area contributed by atoms with E-state index in [-0.39, 0.29) is 19.0 Å². The number of carbonyl (C=O) groups is 1. The van der Waals surface area contributed by atoms with Crippen LogP contribution in [-0.2, 0) is 28.5 Å². The lowest BCUT2D eigenvalue weighted by Gasteiger charge is -2.34. The second-order valence-corrected chi connectivity index (χ2v) is 6.88. The molecule has 1 aliphatic heterocycles. The van der Waals surface area contributed by atoms with Crippen LogP contribution in [0, 0.1) is 0 Å². The first kappa shape index (κ1) is 22.3. The number of ether oxygens (including phenoxy) is 5. The lowest BCUT2D eigenvalue weighted by Crippen LogP contribution is -2.48. The predicted molar refractivity (Wildman–Crippen MR) is 90.4 cm³/mol. The fraction of sp³-hybridized carbons (Fsp3) is 0.941. The Balaban J connectivity index is 2.01. The third kappa shape index (κ3) is 7.98. The zero-order chi connectivity index (χ0) is 18.8. The van der Waals surface area contributed by atoms with Crippen molar-refractivity contribution in [1.29, 1.82) is 0 Å². The molecular formula is C17H33NO7. The number of hydroxylamine groups is 2. The minimum absolute atomic E-state index is 0.226. The minimum Gasteiger partial charge on any atom is -0.463 e. The minimum atomic E-state index is -0.754. The van der Waals surface area contributed by atoms with Crippen molar-refractivity contribution in [1.82, 2.24) is 5.06 Å². The van der Waals surface area contributed by atoms with Crippen LogP contribution in [0.2, 0.25) is 0 Å². The predicted octanol–water partition coefficient (Wildman–Crippen LogP) is 1.60. The molecule has 148 valence electrons. The Kier molecular flexibility index (Phi) is 9.84. The van der Waals surface area contributed by atoms with E-state index in [2.05, 4.69) is 0 Å². The van der Waals surface area contributed by atoms with Crippen molar-refractivity contribution in [3.05, 3.63) is 0 Å². The van der Waals surface area contributed by atoms with Crippen LogP contribution in [0.25, 0.3) is 0 Å². The normalized spacial score (nSPS) is 23.1. The molecular weight excluding hydrogens is 330 g/mol. The van der Waals surface area contributed by atoms with Crippen LogP contribution in [0.15, 0.2) is 0 Å². The molecule has 8 nitrogen and oxygen atoms in total. The van der Waals surface area contributed by atoms with E-state index in [4.69, 9.17) is 23.7 Å². The summed E-state index contributed by atoms with van der Waals surface area (Å²) >= 11 is 0. The van der Waals surface area contributed by atoms with Crippen molar-refractivity contribution in [2.75, 3.05) is 53.4 Å². The monoisotopic (exact) mass is 363 g/mol. The van der Waals surface area contributed by atoms with Gasteiger partial charge in [0, 0.05) is 13.5 Å². The maximum Gasteiger partial charge on any atom is 0.305 e. The van der Waals surface area contributed by atoms with Crippen molar-refractivity contribution >= 4 is 5.97 Å². The average Bonchev–Trinajstić information content (AvgIpc) is 2.77. The Morgan fingerprint density at radius 2 is 1.68 bits per heavy atom. The van der Waals surface area contributed by atoms with Gasteiger partial charge in [0.2, 0.25) is 0 Å². The number of carbonyl (C=O) groups excluding carboxylic acids is 1. The van der Waals surface area contributed by atoms with Gasteiger partial charge in [-0.3, -0.25) is 4.79 Å². The molecule has 25 heavy (non-hydrogen) atoms. The third-order valence-electron chi connectivity index (χ3n) is 4.07. The average molecular weight is 363 g/mol. The van der Waals surface area contributed by atoms with E-state index in [1.54, 1.807) is 7.11 Å². The van der Waals surface area contributed by atoms with Crippen LogP contribution in [0.3, 0.4) is 0 Å². The molecule has 1 N–H and O–H groups in total. The summed E-state index contributed by atoms with van der Waals surface area (Å²) in [5, 5.41) is 11.4. The lowest BCUT2D eigenvalue weighted by molar-refractivity contribution is -0.244. The van der Waals surface area contributed by atoms with E-state index in [1.165, 1.54) is 5.06 Å². The Hall–Kier alpha value is -0.770. The largest absolute Gasteiger partial charge is 0.463 e. The fourth-order valence-corrected chi connectivity index (χ4v) is 2.58. The molecule has 0 aromatic rings. The van der Waals surface area contributed by atoms with Crippen molar-refractivity contribution in [2.45, 2.75) is 51.3 Å². The summed E-state index contributed by atoms with van der Waals surface area (Å²) in [4.78, 5) is 11.7. The van der Waals surface area contributed by atoms with Crippen molar-refractivity contribution in [3.8, 4) is 0 Å². The fourth-order valence-electron chi connectivity index (χ4n) is 2.58. The summed E-state index contributed by atoms with van der Waals surface area (Å²) in [6.07, 6.45) is 1.42. The van der Waals surface area contributed by atoms with Gasteiger partial charge in [0.15, 0.2) is 0 Å². The quantitative estimate of drug-likeness (QED) is 0.390. The van der Waals surface area contributed by atoms with E-state index in [0.29, 0.717) is 52.5 Å². The van der Waals surface area contributed by atoms with Gasteiger partial charge in [-0.05, 0) is 33.6 Å². The first-order chi connectivity index (χ1) is 11.8. The number of hydrogen-bond acceptors (Lipinski definition) is 8. The van der Waals surface area contributed by atoms with Gasteiger partial charge >= 0.3 is 5.97 Å². The van der Waals surface area contributed by atoms with E-state index in [1.807, 2.05) is 20.8 Å². The molecule has 0 bridgehead atoms. The molecule has 1 aliphatic rings. The molecule has 0 aromatic carbocycles. The highest BCUT2D eigenvalue weighted by Gasteiger charge is 2.48. The molecule has 0 amide bonds. The lowest BCUT2D eigenvalue weighted by atomic mass is 10.0. The van der Waals surface area contributed by atoms with Crippen LogP contribution >= 0.6 is 0 Å². The van der Waals surface area contributed by atoms with Gasteiger partial charge in [-0.25, -0.2) is 0 Å². The molecule has 1 fully saturated rings. The van der Waals surface area contributed by atoms with Gasteiger partial charge in [0.25, 0.3) is 0 Å². The van der Waals surface area contributed by atoms with Crippen molar-refractivity contribution < 1.29 is 33.7 Å². The Morgan fingerprint density at radius 1 is 1.08 bits per heavy atom. The summed E-state index contributed by atoms with van der Waals surface area (Å²) in [6, 6.07) is 0. The highest BCUT2D eigenvalue weighted by molar-refractivity contribution is 5.69. The highest BCUT2D eigenvalue weighted by Crippen LogP contribution is 2.36. The molecule has 0 radical (unpaired) electrons. The van der Waals surface area contributed by atoms with Crippen LogP contribution < -0.4 is 0 Å². The topological polar surface area (TPSA) is 86.7 Å². The van der Waals surface area contributed by atoms with E-state index >= 15 is 0 Å². The zero-order valence-corrected chi connectivity index (χ0v) is 15.9. The second-order valence-electron chi connectivity index (χ2n) is 6.88. The van der Waals surface area contributed by atoms with Crippen LogP contribution in [-0.4, -0.2) is 80.9 Å². The summed E-state index contributed by atoms with van der Waals surface area (Å²) < 4.78 is 26.2. The van der Waals surface area contributed by atoms with E-state index in [0.717, 1.165) is 0 Å². The molecule has 1 rings (SSSR count). The molecule has 1 saturated heterocycles. The summed E-state index contributed by atoms with van der Waals surface area (Å²) in [6.45, 7) is 8.73.